The van der Waals surface area contributed by atoms with E-state index in [1.165, 1.54) is 212 Å². The van der Waals surface area contributed by atoms with Gasteiger partial charge in [-0.05, 0) is 25.2 Å². The van der Waals surface area contributed by atoms with Gasteiger partial charge in [-0.15, -0.1) is 0 Å². The first-order valence-corrected chi connectivity index (χ1v) is 18.2. The fourth-order valence-electron chi connectivity index (χ4n) is 5.96. The van der Waals surface area contributed by atoms with Gasteiger partial charge in [0.1, 0.15) is 0 Å². The molecule has 0 rings (SSSR count). The van der Waals surface area contributed by atoms with Crippen molar-refractivity contribution >= 4 is 0 Å². The fraction of sp³-hybridized carbons (Fsp3) is 0.973. The molecule has 0 aromatic heterocycles. The van der Waals surface area contributed by atoms with E-state index in [9.17, 15) is 0 Å². The second-order valence-electron chi connectivity index (χ2n) is 12.5. The van der Waals surface area contributed by atoms with E-state index in [-0.39, 0.29) is 0 Å². The number of rotatable bonds is 33. The number of unbranched alkanes of at least 4 members (excludes halogenated alkanes) is 27. The highest BCUT2D eigenvalue weighted by atomic mass is 14.1. The third-order valence-corrected chi connectivity index (χ3v) is 8.65. The summed E-state index contributed by atoms with van der Waals surface area (Å²) in [5.41, 5.74) is 0. The Morgan fingerprint density at radius 3 is 0.568 bits per heavy atom. The van der Waals surface area contributed by atoms with E-state index in [1.807, 2.05) is 5.92 Å². The van der Waals surface area contributed by atoms with Crippen LogP contribution in [0, 0.1) is 5.92 Å². The molecule has 0 saturated carbocycles. The Labute approximate surface area is 238 Å². The Morgan fingerprint density at radius 1 is 0.216 bits per heavy atom. The van der Waals surface area contributed by atoms with Gasteiger partial charge in [0.15, 0.2) is 0 Å². The maximum Gasteiger partial charge on any atom is -0.0241 e. The molecule has 0 heterocycles. The van der Waals surface area contributed by atoms with E-state index in [1.54, 1.807) is 0 Å². The molecule has 223 valence electrons. The van der Waals surface area contributed by atoms with Crippen molar-refractivity contribution in [3.63, 3.8) is 0 Å². The summed E-state index contributed by atoms with van der Waals surface area (Å²) in [6.07, 6.45) is 48.3. The van der Waals surface area contributed by atoms with Gasteiger partial charge in [0, 0.05) is 0 Å². The molecule has 37 heavy (non-hydrogen) atoms. The van der Waals surface area contributed by atoms with Crippen LogP contribution in [0.2, 0.25) is 0 Å². The van der Waals surface area contributed by atoms with Crippen molar-refractivity contribution in [3.05, 3.63) is 5.92 Å². The Balaban J connectivity index is 3.69. The summed E-state index contributed by atoms with van der Waals surface area (Å²) in [6, 6.07) is 0. The van der Waals surface area contributed by atoms with E-state index in [0.717, 1.165) is 0 Å². The van der Waals surface area contributed by atoms with Gasteiger partial charge in [-0.1, -0.05) is 213 Å². The summed E-state index contributed by atoms with van der Waals surface area (Å²) >= 11 is 0. The van der Waals surface area contributed by atoms with E-state index >= 15 is 0 Å². The molecule has 0 unspecified atom stereocenters. The van der Waals surface area contributed by atoms with Gasteiger partial charge < -0.3 is 0 Å². The molecular weight excluding hydrogens is 444 g/mol. The molecule has 0 saturated heterocycles. The predicted molar refractivity (Wildman–Crippen MR) is 173 cm³/mol. The van der Waals surface area contributed by atoms with E-state index in [0.29, 0.717) is 0 Å². The minimum Gasteiger partial charge on any atom is -0.0654 e. The summed E-state index contributed by atoms with van der Waals surface area (Å²) in [7, 11) is 0. The van der Waals surface area contributed by atoms with Crippen LogP contribution < -0.4 is 0 Å². The topological polar surface area (TPSA) is 0 Å². The molecule has 0 aliphatic carbocycles. The van der Waals surface area contributed by atoms with Crippen LogP contribution in [-0.4, -0.2) is 0 Å². The molecule has 0 heteroatoms. The zero-order valence-corrected chi connectivity index (χ0v) is 26.8. The SMILES string of the molecule is CCCCCCCCCCCCCCCCCC[C](CCCCCCCCC)CCCCCCCCC. The van der Waals surface area contributed by atoms with Crippen molar-refractivity contribution in [1.29, 1.82) is 0 Å². The molecule has 0 aromatic carbocycles. The maximum absolute atomic E-state index is 2.32. The maximum atomic E-state index is 2.32. The average molecular weight is 520 g/mol. The molecule has 0 amide bonds. The molecule has 0 N–H and O–H groups in total. The smallest absolute Gasteiger partial charge is 0.0241 e. The van der Waals surface area contributed by atoms with Crippen molar-refractivity contribution < 1.29 is 0 Å². The van der Waals surface area contributed by atoms with Gasteiger partial charge >= 0.3 is 0 Å². The Bertz CT molecular complexity index is 354. The third-order valence-electron chi connectivity index (χ3n) is 8.65. The third kappa shape index (κ3) is 32.1. The lowest BCUT2D eigenvalue weighted by molar-refractivity contribution is 0.503. The largest absolute Gasteiger partial charge is 0.0654 e. The van der Waals surface area contributed by atoms with Gasteiger partial charge in [0.2, 0.25) is 0 Å². The van der Waals surface area contributed by atoms with Crippen LogP contribution in [0.15, 0.2) is 0 Å². The van der Waals surface area contributed by atoms with E-state index < -0.39 is 0 Å². The van der Waals surface area contributed by atoms with Crippen molar-refractivity contribution in [2.24, 2.45) is 0 Å². The summed E-state index contributed by atoms with van der Waals surface area (Å²) in [5, 5.41) is 0. The monoisotopic (exact) mass is 520 g/mol. The van der Waals surface area contributed by atoms with Crippen LogP contribution in [0.25, 0.3) is 0 Å². The predicted octanol–water partition coefficient (Wildman–Crippen LogP) is 14.5. The van der Waals surface area contributed by atoms with Crippen LogP contribution in [0.1, 0.15) is 233 Å². The molecule has 0 atom stereocenters. The second kappa shape index (κ2) is 34.0. The van der Waals surface area contributed by atoms with Crippen LogP contribution in [0.5, 0.6) is 0 Å². The minimum absolute atomic E-state index is 1.37. The molecule has 1 radical (unpaired) electrons. The lowest BCUT2D eigenvalue weighted by Gasteiger charge is -2.16. The highest BCUT2D eigenvalue weighted by Gasteiger charge is 2.09. The van der Waals surface area contributed by atoms with Crippen molar-refractivity contribution in [3.8, 4) is 0 Å². The molecule has 0 aliphatic rings. The van der Waals surface area contributed by atoms with Crippen LogP contribution >= 0.6 is 0 Å². The summed E-state index contributed by atoms with van der Waals surface area (Å²) in [5.74, 6) is 1.94. The first kappa shape index (κ1) is 37.0. The normalized spacial score (nSPS) is 11.7. The van der Waals surface area contributed by atoms with Gasteiger partial charge in [0.05, 0.1) is 0 Å². The Hall–Kier alpha value is 0. The van der Waals surface area contributed by atoms with Crippen LogP contribution in [0.3, 0.4) is 0 Å². The standard InChI is InChI=1S/C37H75/c1-4-7-10-13-16-17-18-19-20-21-22-23-24-27-30-33-36-37(34-31-28-25-14-11-8-5-2)35-32-29-26-15-12-9-6-3/h4-36H2,1-3H3. The molecule has 0 bridgehead atoms. The van der Waals surface area contributed by atoms with E-state index in [4.69, 9.17) is 0 Å². The average Bonchev–Trinajstić information content (AvgIpc) is 2.91. The Morgan fingerprint density at radius 2 is 0.378 bits per heavy atom. The molecule has 0 aromatic rings. The number of hydrogen-bond donors (Lipinski definition) is 0. The minimum atomic E-state index is 1.37. The van der Waals surface area contributed by atoms with Gasteiger partial charge in [-0.2, -0.15) is 0 Å². The molecule has 0 nitrogen and oxygen atoms in total. The second-order valence-corrected chi connectivity index (χ2v) is 12.5. The van der Waals surface area contributed by atoms with Gasteiger partial charge in [-0.3, -0.25) is 0 Å². The molecule has 0 spiro atoms. The molecule has 0 fully saturated rings. The highest BCUT2D eigenvalue weighted by Crippen LogP contribution is 2.26. The summed E-state index contributed by atoms with van der Waals surface area (Å²) in [6.45, 7) is 6.96. The summed E-state index contributed by atoms with van der Waals surface area (Å²) in [4.78, 5) is 0. The first-order valence-electron chi connectivity index (χ1n) is 18.2. The Kier molecular flexibility index (Phi) is 34.0. The number of hydrogen-bond acceptors (Lipinski definition) is 0. The highest BCUT2D eigenvalue weighted by molar-refractivity contribution is 4.89. The van der Waals surface area contributed by atoms with Gasteiger partial charge in [-0.25, -0.2) is 0 Å². The van der Waals surface area contributed by atoms with Crippen molar-refractivity contribution in [2.75, 3.05) is 0 Å². The lowest BCUT2D eigenvalue weighted by Crippen LogP contribution is -1.99. The zero-order chi connectivity index (χ0) is 26.9. The van der Waals surface area contributed by atoms with Gasteiger partial charge in [0.25, 0.3) is 0 Å². The quantitative estimate of drug-likeness (QED) is 0.0756. The molecule has 0 aliphatic heterocycles. The lowest BCUT2D eigenvalue weighted by atomic mass is 9.89. The van der Waals surface area contributed by atoms with Crippen LogP contribution in [0.4, 0.5) is 0 Å². The molecular formula is C37H75. The fourth-order valence-corrected chi connectivity index (χ4v) is 5.96. The van der Waals surface area contributed by atoms with Crippen molar-refractivity contribution in [1.82, 2.24) is 0 Å². The summed E-state index contributed by atoms with van der Waals surface area (Å²) < 4.78 is 0. The van der Waals surface area contributed by atoms with Crippen molar-refractivity contribution in [2.45, 2.75) is 233 Å². The first-order chi connectivity index (χ1) is 18.3. The van der Waals surface area contributed by atoms with Crippen LogP contribution in [-0.2, 0) is 0 Å². The zero-order valence-electron chi connectivity index (χ0n) is 26.8. The van der Waals surface area contributed by atoms with E-state index in [2.05, 4.69) is 20.8 Å².